The van der Waals surface area contributed by atoms with Gasteiger partial charge in [-0.3, -0.25) is 14.2 Å². The Bertz CT molecular complexity index is 1460. The number of aryl methyl sites for hydroxylation is 1. The minimum Gasteiger partial charge on any atom is -0.461 e. The molecule has 2 amide bonds. The first-order valence-electron chi connectivity index (χ1n) is 12.0. The molecule has 4 aromatic rings. The lowest BCUT2D eigenvalue weighted by atomic mass is 10.1. The Morgan fingerprint density at radius 3 is 2.53 bits per heavy atom. The van der Waals surface area contributed by atoms with Gasteiger partial charge < -0.3 is 14.2 Å². The molecule has 0 radical (unpaired) electrons. The minimum atomic E-state index is -0.151. The third-order valence-electron chi connectivity index (χ3n) is 6.40. The van der Waals surface area contributed by atoms with Gasteiger partial charge in [0.2, 0.25) is 11.7 Å². The van der Waals surface area contributed by atoms with E-state index in [4.69, 9.17) is 27.6 Å². The molecular formula is C27H25Cl2N5O3S. The molecule has 0 saturated carbocycles. The van der Waals surface area contributed by atoms with Crippen molar-refractivity contribution < 1.29 is 14.0 Å². The number of nitrogens with zero attached hydrogens (tertiary/aromatic N) is 5. The van der Waals surface area contributed by atoms with Crippen LogP contribution >= 0.6 is 35.0 Å². The molecule has 0 aliphatic carbocycles. The number of benzene rings is 2. The van der Waals surface area contributed by atoms with Gasteiger partial charge in [-0.15, -0.1) is 10.2 Å². The van der Waals surface area contributed by atoms with Crippen LogP contribution in [0.4, 0.5) is 0 Å². The van der Waals surface area contributed by atoms with Gasteiger partial charge in [-0.25, -0.2) is 0 Å². The van der Waals surface area contributed by atoms with Crippen molar-refractivity contribution in [3.8, 4) is 17.3 Å². The van der Waals surface area contributed by atoms with E-state index in [0.717, 1.165) is 11.3 Å². The number of halogens is 2. The van der Waals surface area contributed by atoms with E-state index in [0.29, 0.717) is 52.0 Å². The Morgan fingerprint density at radius 2 is 1.84 bits per heavy atom. The fraction of sp³-hybridized carbons (Fsp3) is 0.259. The molecule has 1 fully saturated rings. The topological polar surface area (TPSA) is 84.5 Å². The number of amides is 2. The largest absolute Gasteiger partial charge is 0.461 e. The molecule has 2 aromatic carbocycles. The summed E-state index contributed by atoms with van der Waals surface area (Å²) >= 11 is 13.4. The van der Waals surface area contributed by atoms with Crippen molar-refractivity contribution in [2.24, 2.45) is 0 Å². The van der Waals surface area contributed by atoms with Crippen LogP contribution < -0.4 is 0 Å². The molecule has 11 heteroatoms. The number of hydrogen-bond acceptors (Lipinski definition) is 6. The zero-order chi connectivity index (χ0) is 26.8. The lowest BCUT2D eigenvalue weighted by Gasteiger charge is -2.40. The van der Waals surface area contributed by atoms with Gasteiger partial charge in [-0.1, -0.05) is 52.7 Å². The fourth-order valence-corrected chi connectivity index (χ4v) is 5.51. The molecule has 5 rings (SSSR count). The van der Waals surface area contributed by atoms with Crippen LogP contribution in [0.15, 0.2) is 70.4 Å². The summed E-state index contributed by atoms with van der Waals surface area (Å²) < 4.78 is 7.47. The van der Waals surface area contributed by atoms with Gasteiger partial charge >= 0.3 is 0 Å². The summed E-state index contributed by atoms with van der Waals surface area (Å²) in [5.74, 6) is 1.19. The van der Waals surface area contributed by atoms with Crippen LogP contribution in [-0.4, -0.2) is 67.8 Å². The highest BCUT2D eigenvalue weighted by molar-refractivity contribution is 7.99. The van der Waals surface area contributed by atoms with Crippen LogP contribution in [0, 0.1) is 6.92 Å². The molecule has 8 nitrogen and oxygen atoms in total. The van der Waals surface area contributed by atoms with Crippen molar-refractivity contribution in [3.63, 3.8) is 0 Å². The van der Waals surface area contributed by atoms with Crippen molar-refractivity contribution in [3.05, 3.63) is 82.0 Å². The first-order chi connectivity index (χ1) is 18.3. The van der Waals surface area contributed by atoms with Gasteiger partial charge in [-0.2, -0.15) is 0 Å². The fourth-order valence-electron chi connectivity index (χ4n) is 4.35. The van der Waals surface area contributed by atoms with Gasteiger partial charge in [0.15, 0.2) is 10.9 Å². The SMILES string of the molecule is Cc1ccc(-n2c(SCC(=O)N3CCN(C(=O)c4ccc(Cl)c(Cl)c4)C(C)C3)nnc2-c2ccco2)cc1. The second-order valence-electron chi connectivity index (χ2n) is 9.06. The zero-order valence-corrected chi connectivity index (χ0v) is 23.1. The third-order valence-corrected chi connectivity index (χ3v) is 8.05. The molecule has 0 spiro atoms. The van der Waals surface area contributed by atoms with Crippen LogP contribution in [0.3, 0.4) is 0 Å². The van der Waals surface area contributed by atoms with E-state index >= 15 is 0 Å². The molecule has 1 unspecified atom stereocenters. The van der Waals surface area contributed by atoms with Gasteiger partial charge in [0.05, 0.1) is 22.1 Å². The number of piperazine rings is 1. The molecule has 1 saturated heterocycles. The molecule has 1 aliphatic heterocycles. The number of carbonyl (C=O) groups is 2. The highest BCUT2D eigenvalue weighted by Gasteiger charge is 2.31. The molecule has 1 aliphatic rings. The van der Waals surface area contributed by atoms with Crippen molar-refractivity contribution in [2.45, 2.75) is 25.0 Å². The van der Waals surface area contributed by atoms with Crippen molar-refractivity contribution in [2.75, 3.05) is 25.4 Å². The smallest absolute Gasteiger partial charge is 0.254 e. The number of carbonyl (C=O) groups excluding carboxylic acids is 2. The summed E-state index contributed by atoms with van der Waals surface area (Å²) in [4.78, 5) is 29.8. The minimum absolute atomic E-state index is 0.0264. The lowest BCUT2D eigenvalue weighted by Crippen LogP contribution is -2.55. The molecule has 3 heterocycles. The average Bonchev–Trinajstić information content (AvgIpc) is 3.59. The number of aromatic nitrogens is 3. The van der Waals surface area contributed by atoms with Crippen LogP contribution in [0.5, 0.6) is 0 Å². The van der Waals surface area contributed by atoms with Crippen molar-refractivity contribution >= 4 is 46.8 Å². The number of furan rings is 1. The first-order valence-corrected chi connectivity index (χ1v) is 13.8. The van der Waals surface area contributed by atoms with Gasteiger partial charge in [0.1, 0.15) is 0 Å². The maximum Gasteiger partial charge on any atom is 0.254 e. The summed E-state index contributed by atoms with van der Waals surface area (Å²) in [7, 11) is 0. The maximum atomic E-state index is 13.2. The lowest BCUT2D eigenvalue weighted by molar-refractivity contribution is -0.130. The monoisotopic (exact) mass is 569 g/mol. The summed E-state index contributed by atoms with van der Waals surface area (Å²) in [6.45, 7) is 5.27. The zero-order valence-electron chi connectivity index (χ0n) is 20.8. The van der Waals surface area contributed by atoms with E-state index in [9.17, 15) is 9.59 Å². The highest BCUT2D eigenvalue weighted by Crippen LogP contribution is 2.29. The Hall–Kier alpha value is -3.27. The second-order valence-corrected chi connectivity index (χ2v) is 10.8. The number of hydrogen-bond donors (Lipinski definition) is 0. The number of thioether (sulfide) groups is 1. The van der Waals surface area contributed by atoms with E-state index in [1.54, 1.807) is 40.3 Å². The van der Waals surface area contributed by atoms with E-state index in [-0.39, 0.29) is 23.6 Å². The second kappa shape index (κ2) is 11.2. The molecular weight excluding hydrogens is 545 g/mol. The number of rotatable bonds is 6. The van der Waals surface area contributed by atoms with Crippen molar-refractivity contribution in [1.82, 2.24) is 24.6 Å². The van der Waals surface area contributed by atoms with Crippen LogP contribution in [-0.2, 0) is 4.79 Å². The summed E-state index contributed by atoms with van der Waals surface area (Å²) in [6, 6.07) is 16.3. The van der Waals surface area contributed by atoms with E-state index in [2.05, 4.69) is 10.2 Å². The maximum absolute atomic E-state index is 13.2. The van der Waals surface area contributed by atoms with Gasteiger partial charge in [0, 0.05) is 36.9 Å². The molecule has 2 aromatic heterocycles. The Kier molecular flexibility index (Phi) is 7.78. The van der Waals surface area contributed by atoms with Crippen LogP contribution in [0.2, 0.25) is 10.0 Å². The Morgan fingerprint density at radius 1 is 1.05 bits per heavy atom. The van der Waals surface area contributed by atoms with Gasteiger partial charge in [0.25, 0.3) is 5.91 Å². The first kappa shape index (κ1) is 26.3. The van der Waals surface area contributed by atoms with Crippen molar-refractivity contribution in [1.29, 1.82) is 0 Å². The Labute approximate surface area is 234 Å². The third kappa shape index (κ3) is 5.45. The molecule has 0 bridgehead atoms. The molecule has 1 atom stereocenters. The van der Waals surface area contributed by atoms with Crippen LogP contribution in [0.1, 0.15) is 22.8 Å². The molecule has 0 N–H and O–H groups in total. The van der Waals surface area contributed by atoms with E-state index in [1.165, 1.54) is 11.8 Å². The average molecular weight is 571 g/mol. The normalized spacial score (nSPS) is 15.6. The van der Waals surface area contributed by atoms with E-state index in [1.807, 2.05) is 48.7 Å². The highest BCUT2D eigenvalue weighted by atomic mass is 35.5. The molecule has 196 valence electrons. The van der Waals surface area contributed by atoms with Crippen LogP contribution in [0.25, 0.3) is 17.3 Å². The standard InChI is InChI=1S/C27H25Cl2N5O3S/c1-17-5-8-20(9-6-17)34-25(23-4-3-13-37-23)30-31-27(34)38-16-24(35)32-11-12-33(18(2)15-32)26(36)19-7-10-21(28)22(29)14-19/h3-10,13-14,18H,11-12,15-16H2,1-2H3. The summed E-state index contributed by atoms with van der Waals surface area (Å²) in [5, 5.41) is 10.0. The Balaban J connectivity index is 1.26. The summed E-state index contributed by atoms with van der Waals surface area (Å²) in [6.07, 6.45) is 1.59. The predicted octanol–water partition coefficient (Wildman–Crippen LogP) is 5.61. The quantitative estimate of drug-likeness (QED) is 0.281. The van der Waals surface area contributed by atoms with Gasteiger partial charge in [-0.05, 0) is 56.3 Å². The summed E-state index contributed by atoms with van der Waals surface area (Å²) in [5.41, 5.74) is 2.49. The van der Waals surface area contributed by atoms with E-state index < -0.39 is 0 Å². The molecule has 38 heavy (non-hydrogen) atoms. The predicted molar refractivity (Wildman–Crippen MR) is 148 cm³/mol.